The lowest BCUT2D eigenvalue weighted by Crippen LogP contribution is -2.29. The van der Waals surface area contributed by atoms with Crippen molar-refractivity contribution in [2.45, 2.75) is 72.2 Å². The van der Waals surface area contributed by atoms with Gasteiger partial charge in [-0.25, -0.2) is 9.78 Å². The monoisotopic (exact) mass is 298 g/mol. The fourth-order valence-electron chi connectivity index (χ4n) is 1.22. The molecule has 4 nitrogen and oxygen atoms in total. The molecule has 0 amide bonds. The average Bonchev–Trinajstić information content (AvgIpc) is 2.35. The van der Waals surface area contributed by atoms with E-state index < -0.39 is 16.8 Å². The molecule has 0 radical (unpaired) electrons. The van der Waals surface area contributed by atoms with Crippen molar-refractivity contribution in [3.05, 3.63) is 29.8 Å². The van der Waals surface area contributed by atoms with Crippen molar-refractivity contribution in [3.63, 3.8) is 0 Å². The Bertz CT molecular complexity index is 543. The zero-order valence-corrected chi connectivity index (χ0v) is 14.3. The number of rotatable bonds is 5. The summed E-state index contributed by atoms with van der Waals surface area (Å²) >= 11 is 0. The quantitative estimate of drug-likeness (QED) is 0.579. The van der Waals surface area contributed by atoms with Gasteiger partial charge in [0, 0.05) is 0 Å². The highest BCUT2D eigenvalue weighted by Gasteiger charge is 2.26. The maximum atomic E-state index is 8.32. The third-order valence-corrected chi connectivity index (χ3v) is 2.23. The van der Waals surface area contributed by atoms with Gasteiger partial charge in [0.2, 0.25) is 0 Å². The topological polar surface area (TPSA) is 36.9 Å². The van der Waals surface area contributed by atoms with Crippen LogP contribution in [0, 0.1) is 0 Å². The second-order valence-electron chi connectivity index (χ2n) is 7.43. The molecule has 0 fully saturated rings. The lowest BCUT2D eigenvalue weighted by molar-refractivity contribution is -0.401. The third kappa shape index (κ3) is 6.93. The van der Waals surface area contributed by atoms with Crippen LogP contribution in [-0.2, 0) is 20.3 Å². The summed E-state index contributed by atoms with van der Waals surface area (Å²) in [6.07, 6.45) is 0. The minimum absolute atomic E-state index is 0.104. The van der Waals surface area contributed by atoms with E-state index in [1.165, 1.54) is 6.07 Å². The van der Waals surface area contributed by atoms with Crippen LogP contribution in [-0.4, -0.2) is 11.2 Å². The molecule has 0 atom stereocenters. The first-order valence-electron chi connectivity index (χ1n) is 8.05. The molecule has 0 aliphatic rings. The molecule has 0 saturated heterocycles. The van der Waals surface area contributed by atoms with Gasteiger partial charge in [-0.15, -0.1) is 0 Å². The van der Waals surface area contributed by atoms with Crippen molar-refractivity contribution in [2.75, 3.05) is 0 Å². The molecule has 1 aromatic rings. The average molecular weight is 298 g/mol. The van der Waals surface area contributed by atoms with Crippen molar-refractivity contribution >= 4 is 0 Å². The molecule has 0 spiro atoms. The summed E-state index contributed by atoms with van der Waals surface area (Å²) in [5, 5.41) is 0. The van der Waals surface area contributed by atoms with E-state index in [0.717, 1.165) is 0 Å². The largest absolute Gasteiger partial charge is 0.337 e. The Kier molecular flexibility index (Phi) is 4.48. The molecule has 0 bridgehead atoms. The molecule has 0 saturated carbocycles. The van der Waals surface area contributed by atoms with E-state index in [4.69, 9.17) is 22.3 Å². The van der Waals surface area contributed by atoms with Gasteiger partial charge in [-0.05, 0) is 73.1 Å². The fraction of sp³-hybridized carbons (Fsp3) is 0.647. The Hall–Kier alpha value is -1.10. The van der Waals surface area contributed by atoms with Crippen LogP contribution in [0.1, 0.15) is 63.7 Å². The summed E-state index contributed by atoms with van der Waals surface area (Å²) in [6.45, 7) is 14.7. The Morgan fingerprint density at radius 1 is 0.810 bits per heavy atom. The zero-order valence-electron chi connectivity index (χ0n) is 16.3. The van der Waals surface area contributed by atoms with Crippen molar-refractivity contribution in [1.82, 2.24) is 0 Å². The van der Waals surface area contributed by atoms with Gasteiger partial charge in [0.25, 0.3) is 0 Å². The first kappa shape index (κ1) is 14.8. The Labute approximate surface area is 131 Å². The molecular formula is C17H28O4. The highest BCUT2D eigenvalue weighted by atomic mass is 17.2. The molecule has 1 aromatic carbocycles. The second kappa shape index (κ2) is 6.34. The molecule has 120 valence electrons. The number of benzene rings is 1. The lowest BCUT2D eigenvalue weighted by atomic mass is 9.98. The van der Waals surface area contributed by atoms with Gasteiger partial charge in [-0.2, -0.15) is 4.89 Å². The van der Waals surface area contributed by atoms with Crippen LogP contribution in [0.3, 0.4) is 0 Å². The van der Waals surface area contributed by atoms with E-state index in [1.807, 2.05) is 41.5 Å². The smallest absolute Gasteiger partial charge is 0.165 e. The van der Waals surface area contributed by atoms with E-state index in [2.05, 4.69) is 0 Å². The van der Waals surface area contributed by atoms with Gasteiger partial charge in [0.05, 0.1) is 8.34 Å². The van der Waals surface area contributed by atoms with Gasteiger partial charge >= 0.3 is 0 Å². The summed E-state index contributed by atoms with van der Waals surface area (Å²) in [5.74, 6) is 0.176. The summed E-state index contributed by atoms with van der Waals surface area (Å²) < 4.78 is 16.2. The van der Waals surface area contributed by atoms with E-state index in [-0.39, 0.29) is 17.8 Å². The lowest BCUT2D eigenvalue weighted by Gasteiger charge is -2.29. The Morgan fingerprint density at radius 2 is 1.38 bits per heavy atom. The Morgan fingerprint density at radius 3 is 1.90 bits per heavy atom. The van der Waals surface area contributed by atoms with Crippen LogP contribution >= 0.6 is 0 Å². The normalized spacial score (nSPS) is 14.7. The fourth-order valence-corrected chi connectivity index (χ4v) is 1.22. The van der Waals surface area contributed by atoms with Crippen LogP contribution < -0.4 is 4.89 Å². The molecule has 0 aromatic heterocycles. The maximum absolute atomic E-state index is 8.32. The summed E-state index contributed by atoms with van der Waals surface area (Å²) in [4.78, 5) is 21.4. The van der Waals surface area contributed by atoms with E-state index in [0.29, 0.717) is 5.56 Å². The molecule has 0 heterocycles. The van der Waals surface area contributed by atoms with Crippen LogP contribution in [0.4, 0.5) is 0 Å². The molecule has 0 unspecified atom stereocenters. The molecule has 0 aliphatic heterocycles. The highest BCUT2D eigenvalue weighted by Crippen LogP contribution is 2.29. The number of hydrogen-bond donors (Lipinski definition) is 0. The molecule has 1 rings (SSSR count). The van der Waals surface area contributed by atoms with Crippen LogP contribution in [0.2, 0.25) is 0 Å². The summed E-state index contributed by atoms with van der Waals surface area (Å²) in [7, 11) is 0. The van der Waals surface area contributed by atoms with Crippen LogP contribution in [0.5, 0.6) is 5.75 Å². The minimum atomic E-state index is -0.915. The van der Waals surface area contributed by atoms with Crippen LogP contribution in [0.15, 0.2) is 24.2 Å². The molecule has 0 N–H and O–H groups in total. The Balaban J connectivity index is 3.09. The minimum Gasteiger partial charge on any atom is -0.337 e. The van der Waals surface area contributed by atoms with Crippen molar-refractivity contribution in [2.24, 2.45) is 0 Å². The molecule has 0 aliphatic carbocycles. The highest BCUT2D eigenvalue weighted by molar-refractivity contribution is 5.31. The van der Waals surface area contributed by atoms with E-state index in [9.17, 15) is 0 Å². The van der Waals surface area contributed by atoms with Gasteiger partial charge in [-0.1, -0.05) is 12.1 Å². The number of hydrogen-bond acceptors (Lipinski definition) is 4. The molecule has 4 heteroatoms. The van der Waals surface area contributed by atoms with E-state index >= 15 is 0 Å². The van der Waals surface area contributed by atoms with E-state index in [1.54, 1.807) is 19.9 Å². The predicted octanol–water partition coefficient (Wildman–Crippen LogP) is 4.78. The predicted molar refractivity (Wildman–Crippen MR) is 82.9 cm³/mol. The standard InChI is InChI=1S/C17H28O4/c1-15(2,3)19-18-14-11-9-10-13(12-14)17(7,8)21-20-16(4,5)6/h9-12H,1-8H3/i9D,12D. The second-order valence-corrected chi connectivity index (χ2v) is 7.43. The van der Waals surface area contributed by atoms with Crippen molar-refractivity contribution in [3.8, 4) is 5.75 Å². The van der Waals surface area contributed by atoms with Crippen molar-refractivity contribution in [1.29, 1.82) is 0 Å². The summed E-state index contributed by atoms with van der Waals surface area (Å²) in [5.41, 5.74) is -1.43. The van der Waals surface area contributed by atoms with Gasteiger partial charge in [0.1, 0.15) is 11.2 Å². The maximum Gasteiger partial charge on any atom is 0.165 e. The van der Waals surface area contributed by atoms with Gasteiger partial charge < -0.3 is 4.89 Å². The third-order valence-electron chi connectivity index (χ3n) is 2.23. The molecular weight excluding hydrogens is 268 g/mol. The SMILES string of the molecule is [2H]c1cc(OOC(C)(C)C)c([2H])c(C(C)(C)OOC(C)(C)C)c1. The first-order chi connectivity index (χ1) is 10.2. The zero-order chi connectivity index (χ0) is 18.1. The van der Waals surface area contributed by atoms with Gasteiger partial charge in [0.15, 0.2) is 5.75 Å². The van der Waals surface area contributed by atoms with Gasteiger partial charge in [-0.3, -0.25) is 0 Å². The summed E-state index contributed by atoms with van der Waals surface area (Å²) in [6, 6.07) is 3.32. The van der Waals surface area contributed by atoms with Crippen LogP contribution in [0.25, 0.3) is 0 Å². The molecule has 21 heavy (non-hydrogen) atoms. The van der Waals surface area contributed by atoms with Crippen molar-refractivity contribution < 1.29 is 22.3 Å². The first-order valence-corrected chi connectivity index (χ1v) is 7.05.